The first-order valence-corrected chi connectivity index (χ1v) is 5.56. The van der Waals surface area contributed by atoms with Gasteiger partial charge in [0.2, 0.25) is 0 Å². The van der Waals surface area contributed by atoms with Crippen molar-refractivity contribution in [2.24, 2.45) is 0 Å². The van der Waals surface area contributed by atoms with Gasteiger partial charge in [-0.05, 0) is 26.8 Å². The number of nitrogens with two attached hydrogens (primary N) is 1. The summed E-state index contributed by atoms with van der Waals surface area (Å²) in [6.45, 7) is 5.95. The Hall–Kier alpha value is -1.62. The van der Waals surface area contributed by atoms with Gasteiger partial charge >= 0.3 is 0 Å². The van der Waals surface area contributed by atoms with E-state index in [2.05, 4.69) is 4.98 Å². The van der Waals surface area contributed by atoms with Gasteiger partial charge in [0.25, 0.3) is 5.91 Å². The number of carbonyl (C=O) groups excluding carboxylic acids is 1. The van der Waals surface area contributed by atoms with Crippen molar-refractivity contribution >= 4 is 11.6 Å². The molecule has 0 saturated carbocycles. The maximum absolute atomic E-state index is 12.2. The van der Waals surface area contributed by atoms with Crippen LogP contribution in [0.2, 0.25) is 0 Å². The van der Waals surface area contributed by atoms with Crippen LogP contribution in [-0.2, 0) is 0 Å². The van der Waals surface area contributed by atoms with Crippen LogP contribution in [-0.4, -0.2) is 39.6 Å². The van der Waals surface area contributed by atoms with Gasteiger partial charge in [-0.25, -0.2) is 0 Å². The molecular formula is C12H19N3O2. The van der Waals surface area contributed by atoms with Gasteiger partial charge in [-0.1, -0.05) is 0 Å². The molecule has 0 radical (unpaired) electrons. The lowest BCUT2D eigenvalue weighted by molar-refractivity contribution is 0.0315. The first kappa shape index (κ1) is 13.4. The van der Waals surface area contributed by atoms with Crippen LogP contribution in [0, 0.1) is 0 Å². The number of carbonyl (C=O) groups is 1. The average molecular weight is 237 g/mol. The number of nitrogen functional groups attached to an aromatic ring is 1. The summed E-state index contributed by atoms with van der Waals surface area (Å²) in [5.41, 5.74) is 5.58. The summed E-state index contributed by atoms with van der Waals surface area (Å²) in [5, 5.41) is 9.74. The SMILES string of the molecule is CCN(CC(C)(C)O)C(=O)c1cnccc1N. The quantitative estimate of drug-likeness (QED) is 0.815. The lowest BCUT2D eigenvalue weighted by Crippen LogP contribution is -2.42. The van der Waals surface area contributed by atoms with Crippen LogP contribution < -0.4 is 5.73 Å². The van der Waals surface area contributed by atoms with Gasteiger partial charge in [0, 0.05) is 31.2 Å². The van der Waals surface area contributed by atoms with Gasteiger partial charge in [0.15, 0.2) is 0 Å². The summed E-state index contributed by atoms with van der Waals surface area (Å²) < 4.78 is 0. The van der Waals surface area contributed by atoms with Crippen molar-refractivity contribution in [2.45, 2.75) is 26.4 Å². The Kier molecular flexibility index (Phi) is 4.07. The number of hydrogen-bond donors (Lipinski definition) is 2. The molecule has 5 nitrogen and oxygen atoms in total. The molecular weight excluding hydrogens is 218 g/mol. The Bertz CT molecular complexity index is 399. The highest BCUT2D eigenvalue weighted by atomic mass is 16.3. The molecule has 0 fully saturated rings. The Morgan fingerprint density at radius 1 is 1.59 bits per heavy atom. The second-order valence-electron chi connectivity index (χ2n) is 4.59. The maximum atomic E-state index is 12.2. The molecule has 0 aromatic carbocycles. The van der Waals surface area contributed by atoms with Crippen LogP contribution in [0.25, 0.3) is 0 Å². The van der Waals surface area contributed by atoms with E-state index in [1.807, 2.05) is 6.92 Å². The predicted molar refractivity (Wildman–Crippen MR) is 66.5 cm³/mol. The van der Waals surface area contributed by atoms with E-state index in [-0.39, 0.29) is 12.5 Å². The molecule has 0 atom stereocenters. The van der Waals surface area contributed by atoms with Crippen molar-refractivity contribution in [3.63, 3.8) is 0 Å². The number of anilines is 1. The smallest absolute Gasteiger partial charge is 0.257 e. The monoisotopic (exact) mass is 237 g/mol. The van der Waals surface area contributed by atoms with Crippen molar-refractivity contribution in [3.05, 3.63) is 24.0 Å². The fraction of sp³-hybridized carbons (Fsp3) is 0.500. The molecule has 1 amide bonds. The van der Waals surface area contributed by atoms with Gasteiger partial charge in [-0.2, -0.15) is 0 Å². The third-order valence-electron chi connectivity index (χ3n) is 2.33. The first-order chi connectivity index (χ1) is 7.85. The van der Waals surface area contributed by atoms with Crippen LogP contribution in [0.3, 0.4) is 0 Å². The molecule has 0 saturated heterocycles. The first-order valence-electron chi connectivity index (χ1n) is 5.56. The van der Waals surface area contributed by atoms with Crippen molar-refractivity contribution in [1.29, 1.82) is 0 Å². The molecule has 0 aliphatic carbocycles. The largest absolute Gasteiger partial charge is 0.398 e. The van der Waals surface area contributed by atoms with Crippen molar-refractivity contribution in [2.75, 3.05) is 18.8 Å². The summed E-state index contributed by atoms with van der Waals surface area (Å²) in [4.78, 5) is 17.6. The molecule has 0 spiro atoms. The number of likely N-dealkylation sites (N-methyl/N-ethyl adjacent to an activating group) is 1. The van der Waals surface area contributed by atoms with E-state index in [1.165, 1.54) is 6.20 Å². The Morgan fingerprint density at radius 3 is 2.71 bits per heavy atom. The standard InChI is InChI=1S/C12H19N3O2/c1-4-15(8-12(2,3)17)11(16)9-7-14-6-5-10(9)13/h5-7,17H,4,8H2,1-3H3,(H2,13,14). The molecule has 1 aromatic rings. The number of aromatic nitrogens is 1. The predicted octanol–water partition coefficient (Wildman–Crippen LogP) is 0.897. The second-order valence-corrected chi connectivity index (χ2v) is 4.59. The summed E-state index contributed by atoms with van der Waals surface area (Å²) in [7, 11) is 0. The van der Waals surface area contributed by atoms with Crippen LogP contribution in [0.1, 0.15) is 31.1 Å². The minimum Gasteiger partial charge on any atom is -0.398 e. The molecule has 1 rings (SSSR count). The molecule has 0 bridgehead atoms. The summed E-state index contributed by atoms with van der Waals surface area (Å²) in [6.07, 6.45) is 2.99. The number of rotatable bonds is 4. The van der Waals surface area contributed by atoms with Gasteiger partial charge in [0.05, 0.1) is 11.2 Å². The topological polar surface area (TPSA) is 79.5 Å². The highest BCUT2D eigenvalue weighted by Crippen LogP contribution is 2.14. The summed E-state index contributed by atoms with van der Waals surface area (Å²) >= 11 is 0. The molecule has 0 aliphatic heterocycles. The molecule has 0 unspecified atom stereocenters. The van der Waals surface area contributed by atoms with E-state index in [9.17, 15) is 9.90 Å². The normalized spacial score (nSPS) is 11.3. The molecule has 1 heterocycles. The van der Waals surface area contributed by atoms with E-state index in [0.29, 0.717) is 17.8 Å². The highest BCUT2D eigenvalue weighted by Gasteiger charge is 2.23. The van der Waals surface area contributed by atoms with E-state index in [1.54, 1.807) is 31.0 Å². The Balaban J connectivity index is 2.91. The zero-order chi connectivity index (χ0) is 13.1. The van der Waals surface area contributed by atoms with Gasteiger partial charge in [-0.15, -0.1) is 0 Å². The fourth-order valence-corrected chi connectivity index (χ4v) is 1.55. The lowest BCUT2D eigenvalue weighted by atomic mass is 10.1. The van der Waals surface area contributed by atoms with Gasteiger partial charge in [-0.3, -0.25) is 9.78 Å². The number of pyridine rings is 1. The second kappa shape index (κ2) is 5.14. The zero-order valence-corrected chi connectivity index (χ0v) is 10.5. The van der Waals surface area contributed by atoms with E-state index in [4.69, 9.17) is 5.73 Å². The number of amides is 1. The molecule has 17 heavy (non-hydrogen) atoms. The third-order valence-corrected chi connectivity index (χ3v) is 2.33. The van der Waals surface area contributed by atoms with E-state index >= 15 is 0 Å². The highest BCUT2D eigenvalue weighted by molar-refractivity contribution is 5.98. The lowest BCUT2D eigenvalue weighted by Gasteiger charge is -2.28. The van der Waals surface area contributed by atoms with Crippen LogP contribution in [0.15, 0.2) is 18.5 Å². The molecule has 1 aromatic heterocycles. The zero-order valence-electron chi connectivity index (χ0n) is 10.5. The maximum Gasteiger partial charge on any atom is 0.257 e. The van der Waals surface area contributed by atoms with Gasteiger partial charge < -0.3 is 15.7 Å². The average Bonchev–Trinajstić information content (AvgIpc) is 2.24. The van der Waals surface area contributed by atoms with E-state index < -0.39 is 5.60 Å². The van der Waals surface area contributed by atoms with Crippen molar-refractivity contribution in [1.82, 2.24) is 9.88 Å². The molecule has 0 aliphatic rings. The molecule has 94 valence electrons. The van der Waals surface area contributed by atoms with Crippen LogP contribution in [0.5, 0.6) is 0 Å². The molecule has 5 heteroatoms. The van der Waals surface area contributed by atoms with Crippen molar-refractivity contribution in [3.8, 4) is 0 Å². The Labute approximate surface area is 101 Å². The fourth-order valence-electron chi connectivity index (χ4n) is 1.55. The Morgan fingerprint density at radius 2 is 2.24 bits per heavy atom. The number of nitrogens with zero attached hydrogens (tertiary/aromatic N) is 2. The number of hydrogen-bond acceptors (Lipinski definition) is 4. The van der Waals surface area contributed by atoms with Crippen LogP contribution >= 0.6 is 0 Å². The van der Waals surface area contributed by atoms with Crippen molar-refractivity contribution < 1.29 is 9.90 Å². The molecule has 3 N–H and O–H groups in total. The third kappa shape index (κ3) is 3.71. The van der Waals surface area contributed by atoms with Crippen LogP contribution in [0.4, 0.5) is 5.69 Å². The number of aliphatic hydroxyl groups is 1. The summed E-state index contributed by atoms with van der Waals surface area (Å²) in [5.74, 6) is -0.208. The summed E-state index contributed by atoms with van der Waals surface area (Å²) in [6, 6.07) is 1.59. The van der Waals surface area contributed by atoms with Gasteiger partial charge in [0.1, 0.15) is 0 Å². The minimum atomic E-state index is -0.928. The minimum absolute atomic E-state index is 0.208. The van der Waals surface area contributed by atoms with E-state index in [0.717, 1.165) is 0 Å².